The molecule has 0 radical (unpaired) electrons. The summed E-state index contributed by atoms with van der Waals surface area (Å²) >= 11 is 4.21. The highest BCUT2D eigenvalue weighted by Crippen LogP contribution is 2.71. The Morgan fingerprint density at radius 1 is 1.00 bits per heavy atom. The third-order valence-corrected chi connectivity index (χ3v) is 11.3. The molecule has 2 aliphatic heterocycles. The highest BCUT2D eigenvalue weighted by Gasteiger charge is 2.73. The minimum absolute atomic E-state index is 0.121. The molecule has 4 aliphatic rings. The number of nitrogen functional groups attached to an aromatic ring is 2. The fraction of sp³-hybridized carbons (Fsp3) is 0.545. The maximum Gasteiger partial charge on any atom is 0.386 e. The molecule has 19 nitrogen and oxygen atoms in total. The zero-order valence-corrected chi connectivity index (χ0v) is 25.2. The van der Waals surface area contributed by atoms with Crippen molar-refractivity contribution >= 4 is 61.3 Å². The van der Waals surface area contributed by atoms with Crippen LogP contribution in [-0.4, -0.2) is 93.0 Å². The quantitative estimate of drug-likeness (QED) is 0.142. The van der Waals surface area contributed by atoms with E-state index in [0.717, 1.165) is 0 Å². The third kappa shape index (κ3) is 4.32. The van der Waals surface area contributed by atoms with Gasteiger partial charge in [-0.15, -0.1) is 0 Å². The van der Waals surface area contributed by atoms with Crippen molar-refractivity contribution in [3.05, 3.63) is 25.3 Å². The number of hydrogen-bond donors (Lipinski definition) is 5. The lowest BCUT2D eigenvalue weighted by molar-refractivity contribution is -0.0547. The lowest BCUT2D eigenvalue weighted by Crippen LogP contribution is -2.37. The van der Waals surface area contributed by atoms with Crippen LogP contribution < -0.4 is 11.5 Å². The smallest absolute Gasteiger partial charge is 0.386 e. The summed E-state index contributed by atoms with van der Waals surface area (Å²) in [5.41, 5.74) is 12.3. The van der Waals surface area contributed by atoms with E-state index in [4.69, 9.17) is 34.3 Å². The van der Waals surface area contributed by atoms with Crippen LogP contribution in [0.25, 0.3) is 22.3 Å². The molecule has 2 saturated heterocycles. The summed E-state index contributed by atoms with van der Waals surface area (Å²) in [4.78, 5) is 24.9. The van der Waals surface area contributed by atoms with E-state index >= 15 is 0 Å². The number of hydrogen-bond acceptors (Lipinski definition) is 17. The standard InChI is InChI=1S/C22H26N10O9P2S/c23-17-10-19(27-4-25-17)31(6-29-10)12-8-1-22(8)3-38-43(36,44)41-15-13(33)9(2-37-42(35)40-16(22)14(12)34)39-21(15)32-7-30-11-18(24)26-5-28-20(11)32/h4-9,12-16,21,33-34,42H,1-3H2,(H,36,44)(H2,23,25,27)(H2,24,26,28)/t8-,9-,12-,13-,14+,15-,16+,21-,22?,43-/m1/s1. The molecule has 234 valence electrons. The van der Waals surface area contributed by atoms with Crippen LogP contribution >= 0.6 is 27.3 Å². The number of imidazole rings is 2. The minimum Gasteiger partial charge on any atom is -0.388 e. The largest absolute Gasteiger partial charge is 0.388 e. The Kier molecular flexibility index (Phi) is 6.60. The molecule has 2 aliphatic carbocycles. The predicted octanol–water partition coefficient (Wildman–Crippen LogP) is 0.256. The molecule has 4 aromatic heterocycles. The molecule has 4 aromatic rings. The summed E-state index contributed by atoms with van der Waals surface area (Å²) in [5, 5.41) is 22.6. The van der Waals surface area contributed by atoms with Gasteiger partial charge in [0, 0.05) is 5.41 Å². The van der Waals surface area contributed by atoms with Crippen LogP contribution in [0.15, 0.2) is 25.3 Å². The van der Waals surface area contributed by atoms with Crippen molar-refractivity contribution in [2.45, 2.75) is 49.2 Å². The molecule has 2 bridgehead atoms. The first-order chi connectivity index (χ1) is 21.1. The summed E-state index contributed by atoms with van der Waals surface area (Å²) in [6, 6.07) is -0.625. The van der Waals surface area contributed by atoms with Crippen molar-refractivity contribution in [1.29, 1.82) is 0 Å². The Labute approximate surface area is 252 Å². The summed E-state index contributed by atoms with van der Waals surface area (Å²) in [6.45, 7) is -4.84. The molecule has 11 atom stereocenters. The van der Waals surface area contributed by atoms with Crippen LogP contribution in [0.2, 0.25) is 0 Å². The van der Waals surface area contributed by atoms with Crippen molar-refractivity contribution in [3.8, 4) is 0 Å². The second-order valence-electron chi connectivity index (χ2n) is 11.2. The summed E-state index contributed by atoms with van der Waals surface area (Å²) in [6.07, 6.45) is -1.40. The van der Waals surface area contributed by atoms with Gasteiger partial charge in [0.2, 0.25) is 0 Å². The molecule has 2 saturated carbocycles. The highest BCUT2D eigenvalue weighted by atomic mass is 32.7. The zero-order chi connectivity index (χ0) is 30.5. The van der Waals surface area contributed by atoms with Gasteiger partial charge in [0.25, 0.3) is 0 Å². The Morgan fingerprint density at radius 2 is 1.66 bits per heavy atom. The van der Waals surface area contributed by atoms with E-state index in [1.165, 1.54) is 29.9 Å². The number of aromatic nitrogens is 8. The first kappa shape index (κ1) is 28.7. The first-order valence-corrected chi connectivity index (χ1v) is 17.4. The average molecular weight is 669 g/mol. The van der Waals surface area contributed by atoms with Gasteiger partial charge >= 0.3 is 15.1 Å². The van der Waals surface area contributed by atoms with Gasteiger partial charge < -0.3 is 44.6 Å². The Balaban J connectivity index is 1.12. The van der Waals surface area contributed by atoms with Crippen molar-refractivity contribution in [1.82, 2.24) is 39.0 Å². The molecular formula is C22H26N10O9P2S. The molecular weight excluding hydrogens is 642 g/mol. The second kappa shape index (κ2) is 10.1. The number of ether oxygens (including phenoxy) is 1. The van der Waals surface area contributed by atoms with E-state index < -0.39 is 63.3 Å². The fourth-order valence-corrected chi connectivity index (χ4v) is 9.15. The molecule has 6 N–H and O–H groups in total. The number of aliphatic hydroxyl groups excluding tert-OH is 2. The summed E-state index contributed by atoms with van der Waals surface area (Å²) < 4.78 is 59.0. The number of rotatable bonds is 2. The van der Waals surface area contributed by atoms with Crippen LogP contribution in [0.1, 0.15) is 18.7 Å². The maximum absolute atomic E-state index is 13.7. The molecule has 4 fully saturated rings. The van der Waals surface area contributed by atoms with Crippen molar-refractivity contribution < 1.29 is 42.2 Å². The van der Waals surface area contributed by atoms with Gasteiger partial charge in [-0.2, -0.15) is 0 Å². The fourth-order valence-electron chi connectivity index (χ4n) is 6.70. The Bertz CT molecular complexity index is 1860. The Hall–Kier alpha value is -2.77. The van der Waals surface area contributed by atoms with E-state index in [0.29, 0.717) is 17.6 Å². The van der Waals surface area contributed by atoms with Crippen LogP contribution in [0, 0.1) is 11.3 Å². The highest BCUT2D eigenvalue weighted by molar-refractivity contribution is 8.44. The molecule has 0 aromatic carbocycles. The van der Waals surface area contributed by atoms with Gasteiger partial charge in [-0.1, -0.05) is 12.2 Å². The van der Waals surface area contributed by atoms with Crippen LogP contribution in [0.4, 0.5) is 11.6 Å². The van der Waals surface area contributed by atoms with Gasteiger partial charge in [-0.25, -0.2) is 34.5 Å². The monoisotopic (exact) mass is 668 g/mol. The summed E-state index contributed by atoms with van der Waals surface area (Å²) in [7, 11) is -3.27. The first-order valence-electron chi connectivity index (χ1n) is 13.4. The topological polar surface area (TPSA) is 260 Å². The number of fused-ring (bicyclic) bond motifs is 4. The van der Waals surface area contributed by atoms with E-state index in [1.807, 2.05) is 0 Å². The number of anilines is 2. The zero-order valence-electron chi connectivity index (χ0n) is 22.4. The van der Waals surface area contributed by atoms with E-state index in [1.54, 1.807) is 4.57 Å². The summed E-state index contributed by atoms with van der Waals surface area (Å²) in [5.74, 6) is 0.0116. The second-order valence-corrected chi connectivity index (χ2v) is 15.1. The van der Waals surface area contributed by atoms with Crippen molar-refractivity contribution in [2.75, 3.05) is 24.7 Å². The van der Waals surface area contributed by atoms with Gasteiger partial charge in [-0.05, 0) is 12.3 Å². The van der Waals surface area contributed by atoms with Gasteiger partial charge in [0.15, 0.2) is 29.2 Å². The van der Waals surface area contributed by atoms with E-state index in [9.17, 15) is 19.3 Å². The SMILES string of the molecule is Nc1ncnc2c1ncn2[C@H]1[C@H](O)[C@@H]2O[PH](=O)OC[C@H]3O[C@@H](n4cnc5c(N)ncnc54)[C@H](O[P@](=O)(S)OCC24C[C@H]14)[C@@H]3O. The number of aliphatic hydroxyl groups is 2. The Morgan fingerprint density at radius 3 is 2.36 bits per heavy atom. The maximum atomic E-state index is 13.7. The predicted molar refractivity (Wildman–Crippen MR) is 152 cm³/mol. The molecule has 44 heavy (non-hydrogen) atoms. The average Bonchev–Trinajstić information content (AvgIpc) is 3.28. The van der Waals surface area contributed by atoms with Crippen LogP contribution in [0.3, 0.4) is 0 Å². The van der Waals surface area contributed by atoms with Crippen molar-refractivity contribution in [3.63, 3.8) is 0 Å². The molecule has 1 spiro atoms. The molecule has 2 unspecified atom stereocenters. The minimum atomic E-state index is -4.21. The lowest BCUT2D eigenvalue weighted by Gasteiger charge is -2.29. The third-order valence-electron chi connectivity index (χ3n) is 8.84. The molecule has 8 rings (SSSR count). The van der Waals surface area contributed by atoms with Crippen LogP contribution in [-0.2, 0) is 32.0 Å². The normalized spacial score (nSPS) is 40.7. The number of thiol groups is 1. The molecule has 22 heteroatoms. The molecule has 6 heterocycles. The molecule has 0 amide bonds. The van der Waals surface area contributed by atoms with Crippen molar-refractivity contribution in [2.24, 2.45) is 11.3 Å². The number of nitrogens with two attached hydrogens (primary N) is 2. The van der Waals surface area contributed by atoms with E-state index in [-0.39, 0.29) is 41.9 Å². The lowest BCUT2D eigenvalue weighted by atomic mass is 10.0. The van der Waals surface area contributed by atoms with Gasteiger partial charge in [0.1, 0.15) is 54.2 Å². The van der Waals surface area contributed by atoms with Gasteiger partial charge in [-0.3, -0.25) is 13.7 Å². The van der Waals surface area contributed by atoms with E-state index in [2.05, 4.69) is 42.2 Å². The van der Waals surface area contributed by atoms with Crippen LogP contribution in [0.5, 0.6) is 0 Å². The number of nitrogens with zero attached hydrogens (tertiary/aromatic N) is 8. The van der Waals surface area contributed by atoms with Gasteiger partial charge in [0.05, 0.1) is 31.9 Å².